The molecular weight excluding hydrogens is 328 g/mol. The lowest BCUT2D eigenvalue weighted by Crippen LogP contribution is -2.44. The Hall–Kier alpha value is -1.00. The number of nitrogens with zero attached hydrogens (tertiary/aromatic N) is 4. The van der Waals surface area contributed by atoms with E-state index >= 15 is 0 Å². The van der Waals surface area contributed by atoms with Crippen LogP contribution >= 0.6 is 0 Å². The Balaban J connectivity index is 2.08. The number of aromatic nitrogens is 3. The first-order valence-corrected chi connectivity index (χ1v) is 10.4. The second kappa shape index (κ2) is 6.25. The summed E-state index contributed by atoms with van der Waals surface area (Å²) in [5, 5.41) is 6.59. The van der Waals surface area contributed by atoms with E-state index in [1.165, 1.54) is 15.2 Å². The van der Waals surface area contributed by atoms with Crippen LogP contribution in [0, 0.1) is 5.92 Å². The number of hydrogen-bond acceptors (Lipinski definition) is 6. The van der Waals surface area contributed by atoms with Crippen LogP contribution in [-0.2, 0) is 26.9 Å². The summed E-state index contributed by atoms with van der Waals surface area (Å²) in [4.78, 5) is 0. The largest absolute Gasteiger partial charge is 0.308 e. The van der Waals surface area contributed by atoms with Crippen LogP contribution in [-0.4, -0.2) is 60.0 Å². The Morgan fingerprint density at radius 2 is 1.82 bits per heavy atom. The van der Waals surface area contributed by atoms with Crippen molar-refractivity contribution in [3.63, 3.8) is 0 Å². The molecule has 2 heterocycles. The molecule has 0 unspecified atom stereocenters. The molecule has 1 aromatic heterocycles. The van der Waals surface area contributed by atoms with Gasteiger partial charge < -0.3 is 4.57 Å². The SMILES string of the molecule is CC(C)CS(=O)(=O)N1CCC(S(=O)(=O)c2nncn2C)CC1. The minimum atomic E-state index is -3.57. The zero-order chi connectivity index (χ0) is 16.5. The van der Waals surface area contributed by atoms with E-state index in [1.54, 1.807) is 7.05 Å². The highest BCUT2D eigenvalue weighted by Gasteiger charge is 2.37. The van der Waals surface area contributed by atoms with E-state index < -0.39 is 25.1 Å². The fourth-order valence-corrected chi connectivity index (χ4v) is 6.19. The van der Waals surface area contributed by atoms with Crippen LogP contribution in [0.5, 0.6) is 0 Å². The highest BCUT2D eigenvalue weighted by Crippen LogP contribution is 2.24. The lowest BCUT2D eigenvalue weighted by atomic mass is 10.2. The Kier molecular flexibility index (Phi) is 4.93. The van der Waals surface area contributed by atoms with Gasteiger partial charge in [-0.15, -0.1) is 10.2 Å². The Bertz CT molecular complexity index is 716. The maximum absolute atomic E-state index is 12.5. The Morgan fingerprint density at radius 3 is 2.27 bits per heavy atom. The van der Waals surface area contributed by atoms with Gasteiger partial charge in [-0.05, 0) is 18.8 Å². The van der Waals surface area contributed by atoms with Crippen LogP contribution in [0.1, 0.15) is 26.7 Å². The molecule has 22 heavy (non-hydrogen) atoms. The van der Waals surface area contributed by atoms with Gasteiger partial charge in [-0.3, -0.25) is 0 Å². The van der Waals surface area contributed by atoms with Gasteiger partial charge in [-0.25, -0.2) is 21.1 Å². The van der Waals surface area contributed by atoms with E-state index in [2.05, 4.69) is 10.2 Å². The molecule has 0 radical (unpaired) electrons. The monoisotopic (exact) mass is 350 g/mol. The molecule has 10 heteroatoms. The van der Waals surface area contributed by atoms with Gasteiger partial charge in [0.2, 0.25) is 25.0 Å². The predicted octanol–water partition coefficient (Wildman–Crippen LogP) is 0.0390. The molecule has 0 bridgehead atoms. The van der Waals surface area contributed by atoms with Crippen LogP contribution in [0.3, 0.4) is 0 Å². The number of piperidine rings is 1. The van der Waals surface area contributed by atoms with Crippen molar-refractivity contribution in [2.75, 3.05) is 18.8 Å². The first kappa shape index (κ1) is 17.4. The van der Waals surface area contributed by atoms with Crippen LogP contribution in [0.15, 0.2) is 11.5 Å². The van der Waals surface area contributed by atoms with Gasteiger partial charge in [0.05, 0.1) is 11.0 Å². The molecule has 8 nitrogen and oxygen atoms in total. The van der Waals surface area contributed by atoms with Crippen molar-refractivity contribution in [1.82, 2.24) is 19.1 Å². The molecule has 1 saturated heterocycles. The molecule has 1 fully saturated rings. The average molecular weight is 350 g/mol. The summed E-state index contributed by atoms with van der Waals surface area (Å²) >= 11 is 0. The minimum absolute atomic E-state index is 0.0464. The number of aryl methyl sites for hydroxylation is 1. The molecule has 0 N–H and O–H groups in total. The molecular formula is C12H22N4O4S2. The third kappa shape index (κ3) is 3.49. The normalized spacial score (nSPS) is 18.9. The van der Waals surface area contributed by atoms with Gasteiger partial charge in [0.1, 0.15) is 6.33 Å². The smallest absolute Gasteiger partial charge is 0.249 e. The van der Waals surface area contributed by atoms with E-state index in [0.29, 0.717) is 0 Å². The molecule has 0 spiro atoms. The summed E-state index contributed by atoms with van der Waals surface area (Å²) in [6.07, 6.45) is 1.91. The lowest BCUT2D eigenvalue weighted by molar-refractivity contribution is 0.343. The molecule has 0 saturated carbocycles. The summed E-state index contributed by atoms with van der Waals surface area (Å²) in [6.45, 7) is 4.17. The quantitative estimate of drug-likeness (QED) is 0.743. The van der Waals surface area contributed by atoms with Crippen LogP contribution < -0.4 is 0 Å². The summed E-state index contributed by atoms with van der Waals surface area (Å²) in [5.41, 5.74) is 0. The highest BCUT2D eigenvalue weighted by atomic mass is 32.2. The van der Waals surface area contributed by atoms with Crippen LogP contribution in [0.25, 0.3) is 0 Å². The third-order valence-electron chi connectivity index (χ3n) is 3.70. The molecule has 0 aromatic carbocycles. The van der Waals surface area contributed by atoms with Gasteiger partial charge >= 0.3 is 0 Å². The Morgan fingerprint density at radius 1 is 1.23 bits per heavy atom. The summed E-state index contributed by atoms with van der Waals surface area (Å²) < 4.78 is 52.2. The van der Waals surface area contributed by atoms with Crippen molar-refractivity contribution < 1.29 is 16.8 Å². The van der Waals surface area contributed by atoms with Crippen molar-refractivity contribution in [2.45, 2.75) is 37.1 Å². The molecule has 0 aliphatic carbocycles. The lowest BCUT2D eigenvalue weighted by Gasteiger charge is -2.31. The van der Waals surface area contributed by atoms with E-state index in [-0.39, 0.29) is 42.8 Å². The molecule has 1 aliphatic heterocycles. The van der Waals surface area contributed by atoms with Crippen LogP contribution in [0.4, 0.5) is 0 Å². The van der Waals surface area contributed by atoms with Crippen molar-refractivity contribution >= 4 is 19.9 Å². The van der Waals surface area contributed by atoms with Crippen molar-refractivity contribution in [3.8, 4) is 0 Å². The molecule has 0 atom stereocenters. The molecule has 0 amide bonds. The zero-order valence-corrected chi connectivity index (χ0v) is 14.6. The fourth-order valence-electron chi connectivity index (χ4n) is 2.63. The second-order valence-corrected chi connectivity index (χ2v) is 10.2. The van der Waals surface area contributed by atoms with Gasteiger partial charge in [0.15, 0.2) is 0 Å². The van der Waals surface area contributed by atoms with Crippen LogP contribution in [0.2, 0.25) is 0 Å². The molecule has 126 valence electrons. The molecule has 1 aliphatic rings. The maximum Gasteiger partial charge on any atom is 0.249 e. The van der Waals surface area contributed by atoms with Crippen molar-refractivity contribution in [2.24, 2.45) is 13.0 Å². The topological polar surface area (TPSA) is 102 Å². The number of sulfonamides is 1. The second-order valence-electron chi connectivity index (χ2n) is 6.04. The van der Waals surface area contributed by atoms with Crippen molar-refractivity contribution in [1.29, 1.82) is 0 Å². The standard InChI is InChI=1S/C12H22N4O4S2/c1-10(2)8-21(17,18)16-6-4-11(5-7-16)22(19,20)12-14-13-9-15(12)3/h9-11H,4-8H2,1-3H3. The average Bonchev–Trinajstić information content (AvgIpc) is 2.84. The van der Waals surface area contributed by atoms with E-state index in [4.69, 9.17) is 0 Å². The zero-order valence-electron chi connectivity index (χ0n) is 13.0. The number of sulfone groups is 1. The van der Waals surface area contributed by atoms with Gasteiger partial charge in [-0.2, -0.15) is 0 Å². The third-order valence-corrected chi connectivity index (χ3v) is 8.17. The summed E-state index contributed by atoms with van der Waals surface area (Å²) in [7, 11) is -5.30. The van der Waals surface area contributed by atoms with E-state index in [1.807, 2.05) is 13.8 Å². The van der Waals surface area contributed by atoms with E-state index in [0.717, 1.165) is 0 Å². The minimum Gasteiger partial charge on any atom is -0.308 e. The van der Waals surface area contributed by atoms with Gasteiger partial charge in [0, 0.05) is 20.1 Å². The number of hydrogen-bond donors (Lipinski definition) is 0. The highest BCUT2D eigenvalue weighted by molar-refractivity contribution is 7.92. The summed E-state index contributed by atoms with van der Waals surface area (Å²) in [6, 6.07) is 0. The molecule has 2 rings (SSSR count). The predicted molar refractivity (Wildman–Crippen MR) is 81.4 cm³/mol. The van der Waals surface area contributed by atoms with Gasteiger partial charge in [0.25, 0.3) is 0 Å². The van der Waals surface area contributed by atoms with Crippen molar-refractivity contribution in [3.05, 3.63) is 6.33 Å². The first-order valence-electron chi connectivity index (χ1n) is 7.20. The van der Waals surface area contributed by atoms with Gasteiger partial charge in [-0.1, -0.05) is 13.8 Å². The summed E-state index contributed by atoms with van der Waals surface area (Å²) in [5.74, 6) is 0.137. The van der Waals surface area contributed by atoms with E-state index in [9.17, 15) is 16.8 Å². The Labute approximate surface area is 131 Å². The maximum atomic E-state index is 12.5. The molecule has 1 aromatic rings. The number of rotatable bonds is 5. The fraction of sp³-hybridized carbons (Fsp3) is 0.833. The first-order chi connectivity index (χ1) is 10.1.